The Hall–Kier alpha value is -3.28. The first-order valence-electron chi connectivity index (χ1n) is 9.38. The number of aromatic nitrogens is 1. The normalized spacial score (nSPS) is 13.8. The minimum absolute atomic E-state index is 0.0538. The van der Waals surface area contributed by atoms with Gasteiger partial charge in [0.1, 0.15) is 13.2 Å². The van der Waals surface area contributed by atoms with E-state index in [-0.39, 0.29) is 11.9 Å². The number of ether oxygens (including phenoxy) is 2. The Bertz CT molecular complexity index is 952. The number of hydrogen-bond donors (Lipinski definition) is 1. The summed E-state index contributed by atoms with van der Waals surface area (Å²) in [5.41, 5.74) is 1.94. The van der Waals surface area contributed by atoms with Crippen molar-refractivity contribution in [2.45, 2.75) is 25.8 Å². The molecule has 1 aliphatic rings. The van der Waals surface area contributed by atoms with Crippen LogP contribution in [0.5, 0.6) is 11.5 Å². The van der Waals surface area contributed by atoms with E-state index in [1.54, 1.807) is 6.20 Å². The number of fused-ring (bicyclic) bond motifs is 1. The highest BCUT2D eigenvalue weighted by Crippen LogP contribution is 2.32. The van der Waals surface area contributed by atoms with Crippen molar-refractivity contribution < 1.29 is 18.7 Å². The van der Waals surface area contributed by atoms with Gasteiger partial charge in [0.15, 0.2) is 23.1 Å². The van der Waals surface area contributed by atoms with Crippen LogP contribution in [0.25, 0.3) is 11.3 Å². The predicted octanol–water partition coefficient (Wildman–Crippen LogP) is 3.92. The van der Waals surface area contributed by atoms with Gasteiger partial charge in [0.05, 0.1) is 12.2 Å². The number of benzene rings is 2. The van der Waals surface area contributed by atoms with Crippen LogP contribution in [-0.4, -0.2) is 24.1 Å². The fraction of sp³-hybridized carbons (Fsp3) is 0.273. The van der Waals surface area contributed by atoms with Gasteiger partial charge in [-0.15, -0.1) is 0 Å². The van der Waals surface area contributed by atoms with E-state index in [2.05, 4.69) is 10.3 Å². The third-order valence-electron chi connectivity index (χ3n) is 4.62. The summed E-state index contributed by atoms with van der Waals surface area (Å²) in [5, 5.41) is 3.01. The summed E-state index contributed by atoms with van der Waals surface area (Å²) in [5.74, 6) is 2.67. The lowest BCUT2D eigenvalue weighted by Crippen LogP contribution is -2.27. The average molecular weight is 378 g/mol. The Kier molecular flexibility index (Phi) is 5.28. The van der Waals surface area contributed by atoms with Crippen molar-refractivity contribution in [3.8, 4) is 22.8 Å². The number of nitrogens with one attached hydrogen (secondary N) is 1. The number of oxazole rings is 1. The van der Waals surface area contributed by atoms with Gasteiger partial charge >= 0.3 is 0 Å². The van der Waals surface area contributed by atoms with Crippen LogP contribution in [0.2, 0.25) is 0 Å². The Labute approximate surface area is 163 Å². The fourth-order valence-electron chi connectivity index (χ4n) is 3.11. The number of rotatable bonds is 6. The van der Waals surface area contributed by atoms with Crippen LogP contribution in [-0.2, 0) is 11.2 Å². The van der Waals surface area contributed by atoms with E-state index in [0.29, 0.717) is 37.7 Å². The third kappa shape index (κ3) is 4.17. The molecule has 0 saturated carbocycles. The molecule has 144 valence electrons. The number of carbonyl (C=O) groups excluding carboxylic acids is 1. The summed E-state index contributed by atoms with van der Waals surface area (Å²) in [6, 6.07) is 15.4. The highest BCUT2D eigenvalue weighted by molar-refractivity contribution is 5.76. The van der Waals surface area contributed by atoms with Gasteiger partial charge in [0, 0.05) is 18.4 Å². The van der Waals surface area contributed by atoms with Crippen molar-refractivity contribution in [2.24, 2.45) is 0 Å². The van der Waals surface area contributed by atoms with Crippen LogP contribution >= 0.6 is 0 Å². The molecule has 4 rings (SSSR count). The van der Waals surface area contributed by atoms with Crippen LogP contribution in [0.15, 0.2) is 59.1 Å². The van der Waals surface area contributed by atoms with E-state index in [0.717, 1.165) is 22.6 Å². The second kappa shape index (κ2) is 8.17. The summed E-state index contributed by atoms with van der Waals surface area (Å²) in [7, 11) is 0. The number of carbonyl (C=O) groups is 1. The summed E-state index contributed by atoms with van der Waals surface area (Å²) in [6.45, 7) is 3.05. The van der Waals surface area contributed by atoms with E-state index in [9.17, 15) is 4.79 Å². The lowest BCUT2D eigenvalue weighted by Gasteiger charge is -2.21. The summed E-state index contributed by atoms with van der Waals surface area (Å²) < 4.78 is 16.9. The largest absolute Gasteiger partial charge is 0.486 e. The van der Waals surface area contributed by atoms with Crippen molar-refractivity contribution in [1.29, 1.82) is 0 Å². The Balaban J connectivity index is 1.31. The molecule has 0 aliphatic carbocycles. The van der Waals surface area contributed by atoms with Gasteiger partial charge in [-0.1, -0.05) is 36.4 Å². The topological polar surface area (TPSA) is 73.6 Å². The lowest BCUT2D eigenvalue weighted by atomic mass is 10.1. The van der Waals surface area contributed by atoms with E-state index >= 15 is 0 Å². The zero-order valence-electron chi connectivity index (χ0n) is 15.7. The molecule has 2 heterocycles. The Morgan fingerprint density at radius 1 is 1.11 bits per heavy atom. The van der Waals surface area contributed by atoms with Crippen molar-refractivity contribution in [2.75, 3.05) is 13.2 Å². The van der Waals surface area contributed by atoms with Crippen LogP contribution in [0, 0.1) is 0 Å². The van der Waals surface area contributed by atoms with Crippen LogP contribution in [0.3, 0.4) is 0 Å². The molecule has 1 unspecified atom stereocenters. The average Bonchev–Trinajstić information content (AvgIpc) is 3.22. The van der Waals surface area contributed by atoms with Crippen molar-refractivity contribution in [3.05, 3.63) is 66.2 Å². The SMILES string of the molecule is CC(NC(=O)CCc1ncc(-c2ccccc2)o1)c1ccc2c(c1)OCCO2. The maximum atomic E-state index is 12.3. The molecule has 0 spiro atoms. The van der Waals surface area contributed by atoms with E-state index in [4.69, 9.17) is 13.9 Å². The number of amides is 1. The molecular formula is C22H22N2O4. The molecule has 6 heteroatoms. The molecule has 0 fully saturated rings. The molecule has 6 nitrogen and oxygen atoms in total. The standard InChI is InChI=1S/C22H22N2O4/c1-15(17-7-8-18-19(13-17)27-12-11-26-18)24-21(25)9-10-22-23-14-20(28-22)16-5-3-2-4-6-16/h2-8,13-15H,9-12H2,1H3,(H,24,25). The van der Waals surface area contributed by atoms with Crippen molar-refractivity contribution in [1.82, 2.24) is 10.3 Å². The zero-order valence-corrected chi connectivity index (χ0v) is 15.7. The first-order valence-corrected chi connectivity index (χ1v) is 9.38. The second-order valence-electron chi connectivity index (χ2n) is 6.68. The van der Waals surface area contributed by atoms with Gasteiger partial charge in [0.2, 0.25) is 5.91 Å². The van der Waals surface area contributed by atoms with Gasteiger partial charge in [-0.05, 0) is 24.6 Å². The minimum atomic E-state index is -0.132. The molecule has 28 heavy (non-hydrogen) atoms. The molecule has 1 amide bonds. The highest BCUT2D eigenvalue weighted by atomic mass is 16.6. The lowest BCUT2D eigenvalue weighted by molar-refractivity contribution is -0.121. The first kappa shape index (κ1) is 18.1. The Morgan fingerprint density at radius 3 is 2.71 bits per heavy atom. The molecule has 1 aromatic heterocycles. The molecule has 0 bridgehead atoms. The third-order valence-corrected chi connectivity index (χ3v) is 4.62. The summed E-state index contributed by atoms with van der Waals surface area (Å²) in [6.07, 6.45) is 2.45. The van der Waals surface area contributed by atoms with E-state index in [1.807, 2.05) is 55.5 Å². The quantitative estimate of drug-likeness (QED) is 0.704. The van der Waals surface area contributed by atoms with Gasteiger partial charge in [-0.2, -0.15) is 0 Å². The van der Waals surface area contributed by atoms with Crippen LogP contribution in [0.1, 0.15) is 30.8 Å². The van der Waals surface area contributed by atoms with E-state index < -0.39 is 0 Å². The monoisotopic (exact) mass is 378 g/mol. The molecule has 2 aromatic carbocycles. The molecule has 1 atom stereocenters. The zero-order chi connectivity index (χ0) is 19.3. The van der Waals surface area contributed by atoms with Crippen molar-refractivity contribution in [3.63, 3.8) is 0 Å². The van der Waals surface area contributed by atoms with Crippen LogP contribution < -0.4 is 14.8 Å². The van der Waals surface area contributed by atoms with Gasteiger partial charge in [0.25, 0.3) is 0 Å². The predicted molar refractivity (Wildman–Crippen MR) is 104 cm³/mol. The smallest absolute Gasteiger partial charge is 0.220 e. The minimum Gasteiger partial charge on any atom is -0.486 e. The number of aryl methyl sites for hydroxylation is 1. The molecule has 3 aromatic rings. The summed E-state index contributed by atoms with van der Waals surface area (Å²) >= 11 is 0. The molecule has 1 N–H and O–H groups in total. The summed E-state index contributed by atoms with van der Waals surface area (Å²) in [4.78, 5) is 16.6. The fourth-order valence-corrected chi connectivity index (χ4v) is 3.11. The molecule has 0 radical (unpaired) electrons. The number of nitrogens with zero attached hydrogens (tertiary/aromatic N) is 1. The van der Waals surface area contributed by atoms with Gasteiger partial charge < -0.3 is 19.2 Å². The molecular weight excluding hydrogens is 356 g/mol. The van der Waals surface area contributed by atoms with E-state index in [1.165, 1.54) is 0 Å². The first-order chi connectivity index (χ1) is 13.7. The van der Waals surface area contributed by atoms with Crippen molar-refractivity contribution >= 4 is 5.91 Å². The Morgan fingerprint density at radius 2 is 1.89 bits per heavy atom. The number of hydrogen-bond acceptors (Lipinski definition) is 5. The second-order valence-corrected chi connectivity index (χ2v) is 6.68. The maximum absolute atomic E-state index is 12.3. The maximum Gasteiger partial charge on any atom is 0.220 e. The van der Waals surface area contributed by atoms with Gasteiger partial charge in [-0.25, -0.2) is 4.98 Å². The highest BCUT2D eigenvalue weighted by Gasteiger charge is 2.16. The molecule has 0 saturated heterocycles. The van der Waals surface area contributed by atoms with Gasteiger partial charge in [-0.3, -0.25) is 4.79 Å². The van der Waals surface area contributed by atoms with Crippen LogP contribution in [0.4, 0.5) is 0 Å². The molecule has 1 aliphatic heterocycles.